The summed E-state index contributed by atoms with van der Waals surface area (Å²) in [5.74, 6) is -1.34. The molecule has 1 rings (SSSR count). The average molecular weight is 458 g/mol. The topological polar surface area (TPSA) is 92.5 Å². The zero-order chi connectivity index (χ0) is 22.7. The van der Waals surface area contributed by atoms with Crippen LogP contribution in [0.4, 0.5) is 5.69 Å². The zero-order valence-electron chi connectivity index (χ0n) is 20.2. The number of ether oxygens (including phenoxy) is 1. The first-order valence-corrected chi connectivity index (χ1v) is 12.2. The second-order valence-electron chi connectivity index (χ2n) is 8.38. The molecule has 0 aliphatic carbocycles. The van der Waals surface area contributed by atoms with Crippen LogP contribution in [0.5, 0.6) is 5.75 Å². The molecule has 0 saturated heterocycles. The third-order valence-electron chi connectivity index (χ3n) is 5.65. The summed E-state index contributed by atoms with van der Waals surface area (Å²) < 4.78 is 5.51. The Morgan fingerprint density at radius 1 is 0.812 bits per heavy atom. The van der Waals surface area contributed by atoms with E-state index in [2.05, 4.69) is 6.92 Å². The van der Waals surface area contributed by atoms with E-state index in [1.165, 1.54) is 95.6 Å². The Hall–Kier alpha value is -1.11. The first-order valence-electron chi connectivity index (χ1n) is 12.2. The molecule has 0 radical (unpaired) electrons. The van der Waals surface area contributed by atoms with Gasteiger partial charge in [-0.1, -0.05) is 103 Å². The molecule has 7 heteroatoms. The first kappa shape index (κ1) is 30.9. The van der Waals surface area contributed by atoms with E-state index in [1.54, 1.807) is 0 Å². The Balaban J connectivity index is 0.00000961. The summed E-state index contributed by atoms with van der Waals surface area (Å²) in [4.78, 5) is 21.3. The summed E-state index contributed by atoms with van der Waals surface area (Å²) in [7, 11) is 0. The first-order chi connectivity index (χ1) is 15.1. The molecule has 0 aromatic heterocycles. The van der Waals surface area contributed by atoms with Crippen LogP contribution in [-0.4, -0.2) is 17.5 Å². The molecule has 0 heterocycles. The maximum Gasteiger partial charge on any atom is 1.00 e. The minimum absolute atomic E-state index is 0. The summed E-state index contributed by atoms with van der Waals surface area (Å²) in [5, 5.41) is 21.9. The number of hydrogen-bond donors (Lipinski definition) is 0. The van der Waals surface area contributed by atoms with E-state index in [-0.39, 0.29) is 46.6 Å². The normalized spacial score (nSPS) is 10.5. The summed E-state index contributed by atoms with van der Waals surface area (Å²) in [5.41, 5.74) is -0.556. The molecule has 0 atom stereocenters. The fourth-order valence-electron chi connectivity index (χ4n) is 3.75. The van der Waals surface area contributed by atoms with E-state index in [9.17, 15) is 20.0 Å². The van der Waals surface area contributed by atoms with Crippen LogP contribution in [0.15, 0.2) is 18.2 Å². The van der Waals surface area contributed by atoms with Crippen LogP contribution in [0.1, 0.15) is 120 Å². The number of aromatic carboxylic acids is 1. The minimum atomic E-state index is -1.47. The molecule has 1 aromatic rings. The van der Waals surface area contributed by atoms with E-state index < -0.39 is 10.9 Å². The van der Waals surface area contributed by atoms with Crippen molar-refractivity contribution in [2.75, 3.05) is 6.61 Å². The van der Waals surface area contributed by atoms with Crippen LogP contribution in [-0.2, 0) is 0 Å². The zero-order valence-corrected chi connectivity index (χ0v) is 22.2. The predicted octanol–water partition coefficient (Wildman–Crippen LogP) is 3.60. The van der Waals surface area contributed by atoms with Crippen molar-refractivity contribution in [3.05, 3.63) is 33.9 Å². The number of nitrogens with zero attached hydrogens (tertiary/aromatic N) is 1. The van der Waals surface area contributed by atoms with Gasteiger partial charge in [0.15, 0.2) is 0 Å². The van der Waals surface area contributed by atoms with Gasteiger partial charge in [0.25, 0.3) is 5.69 Å². The van der Waals surface area contributed by atoms with E-state index in [4.69, 9.17) is 4.74 Å². The number of hydrogen-bond acceptors (Lipinski definition) is 5. The quantitative estimate of drug-likeness (QED) is 0.129. The number of carbonyl (C=O) groups excluding carboxylic acids is 1. The van der Waals surface area contributed by atoms with Crippen molar-refractivity contribution >= 4 is 11.7 Å². The second kappa shape index (κ2) is 20.5. The van der Waals surface area contributed by atoms with Gasteiger partial charge < -0.3 is 14.6 Å². The smallest absolute Gasteiger partial charge is 0.545 e. The molecule has 6 nitrogen and oxygen atoms in total. The Kier molecular flexibility index (Phi) is 19.8. The van der Waals surface area contributed by atoms with Gasteiger partial charge in [-0.3, -0.25) is 10.1 Å². The maximum atomic E-state index is 11.2. The Morgan fingerprint density at radius 3 is 1.66 bits per heavy atom. The summed E-state index contributed by atoms with van der Waals surface area (Å²) in [6.07, 6.45) is 20.6. The number of rotatable bonds is 20. The van der Waals surface area contributed by atoms with Crippen LogP contribution in [0.25, 0.3) is 0 Å². The summed E-state index contributed by atoms with van der Waals surface area (Å²) in [6.45, 7) is 2.66. The van der Waals surface area contributed by atoms with Crippen molar-refractivity contribution in [3.63, 3.8) is 0 Å². The molecule has 0 bridgehead atoms. The maximum absolute atomic E-state index is 11.2. The molecule has 176 valence electrons. The van der Waals surface area contributed by atoms with Gasteiger partial charge in [-0.05, 0) is 12.5 Å². The van der Waals surface area contributed by atoms with Gasteiger partial charge in [-0.15, -0.1) is 0 Å². The second-order valence-corrected chi connectivity index (χ2v) is 8.38. The number of nitro groups is 1. The van der Waals surface area contributed by atoms with Gasteiger partial charge in [0.2, 0.25) is 0 Å². The van der Waals surface area contributed by atoms with Gasteiger partial charge >= 0.3 is 29.6 Å². The van der Waals surface area contributed by atoms with E-state index in [1.807, 2.05) is 0 Å². The Morgan fingerprint density at radius 2 is 1.25 bits per heavy atom. The molecule has 0 unspecified atom stereocenters. The molecule has 0 N–H and O–H groups in total. The molecule has 1 aromatic carbocycles. The summed E-state index contributed by atoms with van der Waals surface area (Å²) in [6, 6.07) is 3.56. The molecule has 0 aliphatic heterocycles. The average Bonchev–Trinajstić information content (AvgIpc) is 2.75. The Labute approximate surface area is 216 Å². The number of nitro benzene ring substituents is 1. The fourth-order valence-corrected chi connectivity index (χ4v) is 3.75. The number of non-ortho nitro benzene ring substituents is 1. The van der Waals surface area contributed by atoms with Crippen molar-refractivity contribution < 1.29 is 49.1 Å². The molecule has 0 saturated carbocycles. The van der Waals surface area contributed by atoms with Crippen LogP contribution < -0.4 is 39.4 Å². The predicted molar refractivity (Wildman–Crippen MR) is 122 cm³/mol. The van der Waals surface area contributed by atoms with Gasteiger partial charge in [-0.25, -0.2) is 0 Å². The SMILES string of the molecule is CCCCCCCCCCCCCCCCCCOc1ccc([N+](=O)[O-])cc1C(=O)[O-].[Na+]. The van der Waals surface area contributed by atoms with E-state index in [0.29, 0.717) is 6.61 Å². The monoisotopic (exact) mass is 457 g/mol. The number of carboxylic acid groups (broad SMARTS) is 1. The molecular weight excluding hydrogens is 417 g/mol. The van der Waals surface area contributed by atoms with Gasteiger partial charge in [0.05, 0.1) is 17.5 Å². The molecule has 0 fully saturated rings. The molecule has 0 aliphatic rings. The number of carbonyl (C=O) groups is 1. The van der Waals surface area contributed by atoms with E-state index in [0.717, 1.165) is 25.3 Å². The third kappa shape index (κ3) is 14.9. The van der Waals surface area contributed by atoms with Crippen LogP contribution >= 0.6 is 0 Å². The molecule has 0 spiro atoms. The van der Waals surface area contributed by atoms with Crippen molar-refractivity contribution in [1.29, 1.82) is 0 Å². The van der Waals surface area contributed by atoms with Crippen LogP contribution in [0.3, 0.4) is 0 Å². The van der Waals surface area contributed by atoms with Crippen molar-refractivity contribution in [1.82, 2.24) is 0 Å². The minimum Gasteiger partial charge on any atom is -0.545 e. The van der Waals surface area contributed by atoms with Crippen molar-refractivity contribution in [2.45, 2.75) is 110 Å². The molecular formula is C25H40NNaO5. The van der Waals surface area contributed by atoms with Crippen molar-refractivity contribution in [3.8, 4) is 5.75 Å². The van der Waals surface area contributed by atoms with Crippen LogP contribution in [0, 0.1) is 10.1 Å². The third-order valence-corrected chi connectivity index (χ3v) is 5.65. The molecule has 0 amide bonds. The standard InChI is InChI=1S/C25H41NO5.Na/c1-2-3-4-5-6-7-8-9-10-11-12-13-14-15-16-17-20-31-24-19-18-22(26(29)30)21-23(24)25(27)28;/h18-19,21H,2-17,20H2,1H3,(H,27,28);/q;+1/p-1. The van der Waals surface area contributed by atoms with Crippen LogP contribution in [0.2, 0.25) is 0 Å². The largest absolute Gasteiger partial charge is 1.00 e. The van der Waals surface area contributed by atoms with Gasteiger partial charge in [0, 0.05) is 17.7 Å². The van der Waals surface area contributed by atoms with Gasteiger partial charge in [-0.2, -0.15) is 0 Å². The number of carboxylic acids is 1. The number of unbranched alkanes of at least 4 members (excludes halogenated alkanes) is 15. The van der Waals surface area contributed by atoms with Crippen molar-refractivity contribution in [2.24, 2.45) is 0 Å². The molecule has 32 heavy (non-hydrogen) atoms. The van der Waals surface area contributed by atoms with E-state index >= 15 is 0 Å². The number of benzene rings is 1. The Bertz CT molecular complexity index is 639. The van der Waals surface area contributed by atoms with Gasteiger partial charge in [0.1, 0.15) is 5.75 Å². The fraction of sp³-hybridized carbons (Fsp3) is 0.720. The summed E-state index contributed by atoms with van der Waals surface area (Å²) >= 11 is 0.